The van der Waals surface area contributed by atoms with E-state index in [4.69, 9.17) is 8.92 Å². The Labute approximate surface area is 196 Å². The van der Waals surface area contributed by atoms with E-state index in [9.17, 15) is 26.2 Å². The van der Waals surface area contributed by atoms with Gasteiger partial charge in [0.15, 0.2) is 0 Å². The monoisotopic (exact) mass is 514 g/mol. The molecule has 11 heteroatoms. The van der Waals surface area contributed by atoms with Gasteiger partial charge in [0, 0.05) is 11.8 Å². The number of esters is 1. The molecule has 0 N–H and O–H groups in total. The summed E-state index contributed by atoms with van der Waals surface area (Å²) in [6.45, 7) is 6.92. The van der Waals surface area contributed by atoms with Crippen LogP contribution in [0.3, 0.4) is 0 Å². The summed E-state index contributed by atoms with van der Waals surface area (Å²) in [6.07, 6.45) is 7.93. The minimum absolute atomic E-state index is 0.143. The van der Waals surface area contributed by atoms with Gasteiger partial charge in [-0.3, -0.25) is 8.98 Å². The third-order valence-electron chi connectivity index (χ3n) is 6.34. The number of ether oxygens (including phenoxy) is 1. The molecule has 3 aliphatic rings. The highest BCUT2D eigenvalue weighted by Gasteiger charge is 2.65. The van der Waals surface area contributed by atoms with E-state index in [1.54, 1.807) is 0 Å². The summed E-state index contributed by atoms with van der Waals surface area (Å²) in [5.74, 6) is 1.79. The van der Waals surface area contributed by atoms with Gasteiger partial charge in [-0.15, -0.1) is 0 Å². The zero-order valence-corrected chi connectivity index (χ0v) is 21.8. The molecule has 3 rings (SSSR count). The minimum atomic E-state index is -4.70. The van der Waals surface area contributed by atoms with Crippen molar-refractivity contribution in [1.29, 1.82) is 0 Å². The Balaban J connectivity index is 0.000000247. The average molecular weight is 515 g/mol. The van der Waals surface area contributed by atoms with Crippen LogP contribution in [0.4, 0.5) is 0 Å². The molecule has 2 aliphatic carbocycles. The largest absolute Gasteiger partial charge is 0.748 e. The quantitative estimate of drug-likeness (QED) is 0.168. The lowest BCUT2D eigenvalue weighted by Crippen LogP contribution is -2.38. The maximum absolute atomic E-state index is 11.6. The maximum Gasteiger partial charge on any atom is 0.320 e. The molecule has 5 unspecified atom stereocenters. The van der Waals surface area contributed by atoms with Gasteiger partial charge in [0.25, 0.3) is 10.1 Å². The molecule has 0 amide bonds. The van der Waals surface area contributed by atoms with Gasteiger partial charge in [0.1, 0.15) is 45.3 Å². The van der Waals surface area contributed by atoms with Crippen molar-refractivity contribution in [2.24, 2.45) is 11.8 Å². The second-order valence-corrected chi connectivity index (χ2v) is 14.6. The molecule has 0 aromatic carbocycles. The van der Waals surface area contributed by atoms with Gasteiger partial charge in [-0.1, -0.05) is 40.0 Å². The van der Waals surface area contributed by atoms with Crippen molar-refractivity contribution in [2.75, 3.05) is 23.0 Å². The molecule has 188 valence electrons. The molecule has 3 fully saturated rings. The predicted molar refractivity (Wildman–Crippen MR) is 125 cm³/mol. The normalized spacial score (nSPS) is 29.7. The number of fused-ring (bicyclic) bond motifs is 1. The van der Waals surface area contributed by atoms with E-state index in [2.05, 4.69) is 20.8 Å². The minimum Gasteiger partial charge on any atom is -0.748 e. The van der Waals surface area contributed by atoms with E-state index in [-0.39, 0.29) is 11.8 Å². The van der Waals surface area contributed by atoms with E-state index in [0.29, 0.717) is 12.8 Å². The van der Waals surface area contributed by atoms with E-state index in [1.165, 1.54) is 55.8 Å². The van der Waals surface area contributed by atoms with E-state index in [1.807, 2.05) is 0 Å². The summed E-state index contributed by atoms with van der Waals surface area (Å²) in [6, 6.07) is 0. The molecule has 32 heavy (non-hydrogen) atoms. The van der Waals surface area contributed by atoms with Crippen molar-refractivity contribution in [1.82, 2.24) is 0 Å². The fraction of sp³-hybridized carbons (Fsp3) is 0.952. The molecule has 1 aliphatic heterocycles. The molecule has 2 saturated carbocycles. The molecular weight excluding hydrogens is 476 g/mol. The van der Waals surface area contributed by atoms with Crippen LogP contribution < -0.4 is 0 Å². The van der Waals surface area contributed by atoms with Crippen LogP contribution in [0.2, 0.25) is 0 Å². The van der Waals surface area contributed by atoms with Gasteiger partial charge >= 0.3 is 5.97 Å². The molecule has 2 bridgehead atoms. The van der Waals surface area contributed by atoms with Crippen LogP contribution in [0.1, 0.15) is 72.1 Å². The molecule has 0 aromatic heterocycles. The molecule has 1 saturated heterocycles. The number of hydrogen-bond donors (Lipinski definition) is 0. The van der Waals surface area contributed by atoms with Gasteiger partial charge in [0.2, 0.25) is 0 Å². The highest BCUT2D eigenvalue weighted by molar-refractivity contribution is 7.96. The molecular formula is C21H38O8S3. The van der Waals surface area contributed by atoms with E-state index < -0.39 is 49.4 Å². The lowest BCUT2D eigenvalue weighted by Gasteiger charge is -2.25. The highest BCUT2D eigenvalue weighted by atomic mass is 32.2. The van der Waals surface area contributed by atoms with Crippen molar-refractivity contribution in [3.05, 3.63) is 0 Å². The van der Waals surface area contributed by atoms with Crippen molar-refractivity contribution in [3.8, 4) is 0 Å². The predicted octanol–water partition coefficient (Wildman–Crippen LogP) is 2.59. The Hall–Kier alpha value is -0.360. The van der Waals surface area contributed by atoms with Crippen LogP contribution in [0.5, 0.6) is 0 Å². The SMILES string of the molecule is CCCC[S+](CCCC)CCCC.O=C(CS(=O)(=O)[O-])OC1C2CC3C1OS(=O)(=O)C3C2. The molecule has 5 atom stereocenters. The molecule has 0 aromatic rings. The van der Waals surface area contributed by atoms with Gasteiger partial charge in [-0.05, 0) is 43.0 Å². The standard InChI is InChI=1S/C12H27S.C9H12O8S2/c1-4-7-10-13(11-8-5-2)12-9-6-3;10-7(3-18(11,12)13)16-8-4-1-5-6(2-4)19(14,15)17-9(5)8/h4-12H2,1-3H3;4-6,8-9H,1-3H2,(H,11,12,13)/q+1;/p-1. The van der Waals surface area contributed by atoms with Crippen LogP contribution in [0.15, 0.2) is 0 Å². The number of unbranched alkanes of at least 4 members (excludes halogenated alkanes) is 3. The van der Waals surface area contributed by atoms with Gasteiger partial charge in [-0.2, -0.15) is 8.42 Å². The summed E-state index contributed by atoms with van der Waals surface area (Å²) in [5, 5.41) is -0.541. The van der Waals surface area contributed by atoms with E-state index in [0.717, 1.165) is 10.9 Å². The molecule has 0 spiro atoms. The first-order valence-corrected chi connectivity index (χ1v) is 16.5. The number of carbonyl (C=O) groups is 1. The van der Waals surface area contributed by atoms with Crippen molar-refractivity contribution in [3.63, 3.8) is 0 Å². The lowest BCUT2D eigenvalue weighted by molar-refractivity contribution is -0.152. The van der Waals surface area contributed by atoms with Crippen LogP contribution in [-0.4, -0.2) is 67.8 Å². The summed E-state index contributed by atoms with van der Waals surface area (Å²) in [4.78, 5) is 11.3. The van der Waals surface area contributed by atoms with E-state index >= 15 is 0 Å². The smallest absolute Gasteiger partial charge is 0.320 e. The van der Waals surface area contributed by atoms with Crippen LogP contribution in [-0.2, 0) is 44.8 Å². The summed E-state index contributed by atoms with van der Waals surface area (Å²) >= 11 is 0. The van der Waals surface area contributed by atoms with Crippen molar-refractivity contribution in [2.45, 2.75) is 89.6 Å². The third kappa shape index (κ3) is 7.85. The van der Waals surface area contributed by atoms with Gasteiger partial charge in [-0.25, -0.2) is 8.42 Å². The molecule has 0 radical (unpaired) electrons. The Bertz CT molecular complexity index is 792. The zero-order valence-electron chi connectivity index (χ0n) is 19.4. The second-order valence-electron chi connectivity index (χ2n) is 8.93. The second kappa shape index (κ2) is 12.4. The molecule has 8 nitrogen and oxygen atoms in total. The Kier molecular flexibility index (Phi) is 10.8. The fourth-order valence-electron chi connectivity index (χ4n) is 4.73. The fourth-order valence-corrected chi connectivity index (χ4v) is 9.67. The first kappa shape index (κ1) is 27.9. The van der Waals surface area contributed by atoms with Crippen LogP contribution in [0, 0.1) is 11.8 Å². The average Bonchev–Trinajstić information content (AvgIpc) is 3.31. The lowest BCUT2D eigenvalue weighted by atomic mass is 9.94. The van der Waals surface area contributed by atoms with Crippen LogP contribution in [0.25, 0.3) is 0 Å². The number of hydrogen-bond acceptors (Lipinski definition) is 8. The Morgan fingerprint density at radius 1 is 1.03 bits per heavy atom. The van der Waals surface area contributed by atoms with Crippen molar-refractivity contribution >= 4 is 37.1 Å². The number of carbonyl (C=O) groups excluding carboxylic acids is 1. The summed E-state index contributed by atoms with van der Waals surface area (Å²) < 4.78 is 64.5. The van der Waals surface area contributed by atoms with Gasteiger partial charge in [0.05, 0.1) is 5.25 Å². The zero-order chi connectivity index (χ0) is 23.9. The third-order valence-corrected chi connectivity index (χ3v) is 11.3. The Morgan fingerprint density at radius 3 is 2.03 bits per heavy atom. The summed E-state index contributed by atoms with van der Waals surface area (Å²) in [5.41, 5.74) is 0. The van der Waals surface area contributed by atoms with Gasteiger partial charge < -0.3 is 9.29 Å². The highest BCUT2D eigenvalue weighted by Crippen LogP contribution is 2.55. The summed E-state index contributed by atoms with van der Waals surface area (Å²) in [7, 11) is -7.53. The first-order valence-electron chi connectivity index (χ1n) is 11.7. The van der Waals surface area contributed by atoms with Crippen LogP contribution >= 0.6 is 0 Å². The number of rotatable bonds is 12. The Morgan fingerprint density at radius 2 is 1.56 bits per heavy atom. The first-order chi connectivity index (χ1) is 15.0. The van der Waals surface area contributed by atoms with Crippen molar-refractivity contribution < 1.29 is 35.1 Å². The topological polar surface area (TPSA) is 127 Å². The molecule has 1 heterocycles. The maximum atomic E-state index is 11.6.